The number of nitrogens with zero attached hydrogens (tertiary/aromatic N) is 1. The lowest BCUT2D eigenvalue weighted by molar-refractivity contribution is 0.102. The Labute approximate surface area is 177 Å². The SMILES string of the molecule is CCN(CC)c1ccc(NC(=O)c2ccc(S(=O)(=O)Nc3ccccc3)cc2)cc1. The van der Waals surface area contributed by atoms with Gasteiger partial charge in [-0.1, -0.05) is 18.2 Å². The maximum Gasteiger partial charge on any atom is 0.261 e. The molecular formula is C23H25N3O3S. The molecule has 0 fully saturated rings. The summed E-state index contributed by atoms with van der Waals surface area (Å²) in [4.78, 5) is 14.8. The molecule has 0 aromatic heterocycles. The van der Waals surface area contributed by atoms with Crippen molar-refractivity contribution in [3.05, 3.63) is 84.4 Å². The van der Waals surface area contributed by atoms with E-state index < -0.39 is 10.0 Å². The lowest BCUT2D eigenvalue weighted by Crippen LogP contribution is -2.21. The average Bonchev–Trinajstić information content (AvgIpc) is 2.76. The monoisotopic (exact) mass is 423 g/mol. The molecule has 30 heavy (non-hydrogen) atoms. The molecule has 156 valence electrons. The van der Waals surface area contributed by atoms with Gasteiger partial charge in [-0.25, -0.2) is 8.42 Å². The van der Waals surface area contributed by atoms with E-state index in [1.54, 1.807) is 24.3 Å². The largest absolute Gasteiger partial charge is 0.372 e. The number of para-hydroxylation sites is 1. The van der Waals surface area contributed by atoms with Crippen molar-refractivity contribution in [1.29, 1.82) is 0 Å². The molecule has 1 amide bonds. The van der Waals surface area contributed by atoms with Crippen molar-refractivity contribution in [3.8, 4) is 0 Å². The molecule has 3 aromatic rings. The Hall–Kier alpha value is -3.32. The van der Waals surface area contributed by atoms with Crippen LogP contribution in [-0.4, -0.2) is 27.4 Å². The maximum atomic E-state index is 12.5. The Morgan fingerprint density at radius 2 is 1.40 bits per heavy atom. The number of sulfonamides is 1. The zero-order chi connectivity index (χ0) is 21.6. The van der Waals surface area contributed by atoms with Crippen LogP contribution in [0, 0.1) is 0 Å². The van der Waals surface area contributed by atoms with E-state index in [1.807, 2.05) is 30.3 Å². The van der Waals surface area contributed by atoms with Crippen molar-refractivity contribution in [2.75, 3.05) is 28.0 Å². The number of rotatable bonds is 8. The number of amides is 1. The predicted octanol–water partition coefficient (Wildman–Crippen LogP) is 4.59. The summed E-state index contributed by atoms with van der Waals surface area (Å²) in [5.41, 5.74) is 2.63. The normalized spacial score (nSPS) is 11.0. The summed E-state index contributed by atoms with van der Waals surface area (Å²) < 4.78 is 27.5. The van der Waals surface area contributed by atoms with Gasteiger partial charge in [0.25, 0.3) is 15.9 Å². The highest BCUT2D eigenvalue weighted by atomic mass is 32.2. The Kier molecular flexibility index (Phi) is 6.74. The van der Waals surface area contributed by atoms with Gasteiger partial charge in [0.05, 0.1) is 4.90 Å². The fourth-order valence-corrected chi connectivity index (χ4v) is 4.11. The van der Waals surface area contributed by atoms with Crippen LogP contribution < -0.4 is 14.9 Å². The average molecular weight is 424 g/mol. The quantitative estimate of drug-likeness (QED) is 0.556. The van der Waals surface area contributed by atoms with E-state index in [0.717, 1.165) is 18.8 Å². The van der Waals surface area contributed by atoms with Crippen LogP contribution in [0.2, 0.25) is 0 Å². The smallest absolute Gasteiger partial charge is 0.261 e. The van der Waals surface area contributed by atoms with Gasteiger partial charge < -0.3 is 10.2 Å². The van der Waals surface area contributed by atoms with E-state index >= 15 is 0 Å². The number of nitrogens with one attached hydrogen (secondary N) is 2. The fourth-order valence-electron chi connectivity index (χ4n) is 3.05. The molecule has 3 rings (SSSR count). The predicted molar refractivity (Wildman–Crippen MR) is 122 cm³/mol. The fraction of sp³-hybridized carbons (Fsp3) is 0.174. The summed E-state index contributed by atoms with van der Waals surface area (Å²) in [6, 6.07) is 22.1. The number of benzene rings is 3. The number of carbonyl (C=O) groups is 1. The lowest BCUT2D eigenvalue weighted by atomic mass is 10.2. The first-order chi connectivity index (χ1) is 14.4. The maximum absolute atomic E-state index is 12.5. The first-order valence-electron chi connectivity index (χ1n) is 9.77. The van der Waals surface area contributed by atoms with E-state index in [2.05, 4.69) is 28.8 Å². The molecule has 0 unspecified atom stereocenters. The van der Waals surface area contributed by atoms with Crippen molar-refractivity contribution in [3.63, 3.8) is 0 Å². The van der Waals surface area contributed by atoms with Gasteiger partial charge in [-0.3, -0.25) is 9.52 Å². The van der Waals surface area contributed by atoms with Gasteiger partial charge in [-0.2, -0.15) is 0 Å². The van der Waals surface area contributed by atoms with Crippen molar-refractivity contribution in [2.45, 2.75) is 18.7 Å². The molecule has 0 saturated heterocycles. The second-order valence-electron chi connectivity index (χ2n) is 6.67. The van der Waals surface area contributed by atoms with E-state index in [1.165, 1.54) is 24.3 Å². The summed E-state index contributed by atoms with van der Waals surface area (Å²) in [5, 5.41) is 2.84. The summed E-state index contributed by atoms with van der Waals surface area (Å²) >= 11 is 0. The third-order valence-electron chi connectivity index (χ3n) is 4.71. The Morgan fingerprint density at radius 1 is 0.800 bits per heavy atom. The molecule has 0 bridgehead atoms. The second-order valence-corrected chi connectivity index (χ2v) is 8.35. The highest BCUT2D eigenvalue weighted by molar-refractivity contribution is 7.92. The van der Waals surface area contributed by atoms with E-state index in [-0.39, 0.29) is 10.8 Å². The van der Waals surface area contributed by atoms with Crippen molar-refractivity contribution < 1.29 is 13.2 Å². The molecule has 0 aliphatic rings. The van der Waals surface area contributed by atoms with Crippen LogP contribution >= 0.6 is 0 Å². The zero-order valence-electron chi connectivity index (χ0n) is 17.0. The number of hydrogen-bond donors (Lipinski definition) is 2. The minimum absolute atomic E-state index is 0.0893. The van der Waals surface area contributed by atoms with Gasteiger partial charge >= 0.3 is 0 Å². The van der Waals surface area contributed by atoms with E-state index in [4.69, 9.17) is 0 Å². The van der Waals surface area contributed by atoms with Gasteiger partial charge in [0.1, 0.15) is 0 Å². The van der Waals surface area contributed by atoms with E-state index in [0.29, 0.717) is 16.9 Å². The Balaban J connectivity index is 1.68. The number of hydrogen-bond acceptors (Lipinski definition) is 4. The number of carbonyl (C=O) groups excluding carboxylic acids is 1. The highest BCUT2D eigenvalue weighted by Gasteiger charge is 2.15. The molecule has 7 heteroatoms. The Morgan fingerprint density at radius 3 is 1.97 bits per heavy atom. The summed E-state index contributed by atoms with van der Waals surface area (Å²) in [6.45, 7) is 6.02. The molecule has 0 aliphatic carbocycles. The molecule has 2 N–H and O–H groups in total. The topological polar surface area (TPSA) is 78.5 Å². The van der Waals surface area contributed by atoms with Gasteiger partial charge in [0, 0.05) is 35.7 Å². The van der Waals surface area contributed by atoms with Crippen molar-refractivity contribution >= 4 is 33.0 Å². The van der Waals surface area contributed by atoms with Gasteiger partial charge in [0.15, 0.2) is 0 Å². The second kappa shape index (κ2) is 9.45. The highest BCUT2D eigenvalue weighted by Crippen LogP contribution is 2.20. The Bertz CT molecular complexity index is 1080. The minimum Gasteiger partial charge on any atom is -0.372 e. The van der Waals surface area contributed by atoms with Crippen LogP contribution in [0.5, 0.6) is 0 Å². The molecule has 0 atom stereocenters. The van der Waals surface area contributed by atoms with Crippen LogP contribution in [-0.2, 0) is 10.0 Å². The third kappa shape index (κ3) is 5.18. The van der Waals surface area contributed by atoms with Crippen LogP contribution in [0.25, 0.3) is 0 Å². The van der Waals surface area contributed by atoms with Crippen LogP contribution in [0.4, 0.5) is 17.1 Å². The summed E-state index contributed by atoms with van der Waals surface area (Å²) in [5.74, 6) is -0.300. The first-order valence-corrected chi connectivity index (χ1v) is 11.3. The standard InChI is InChI=1S/C23H25N3O3S/c1-3-26(4-2)21-14-12-19(13-15-21)24-23(27)18-10-16-22(17-11-18)30(28,29)25-20-8-6-5-7-9-20/h5-17,25H,3-4H2,1-2H3,(H,24,27). The molecule has 0 saturated carbocycles. The minimum atomic E-state index is -3.72. The third-order valence-corrected chi connectivity index (χ3v) is 6.10. The molecular weight excluding hydrogens is 398 g/mol. The van der Waals surface area contributed by atoms with Crippen LogP contribution in [0.15, 0.2) is 83.8 Å². The molecule has 0 heterocycles. The van der Waals surface area contributed by atoms with E-state index in [9.17, 15) is 13.2 Å². The summed E-state index contributed by atoms with van der Waals surface area (Å²) in [7, 11) is -3.72. The van der Waals surface area contributed by atoms with Crippen molar-refractivity contribution in [1.82, 2.24) is 0 Å². The summed E-state index contributed by atoms with van der Waals surface area (Å²) in [6.07, 6.45) is 0. The molecule has 0 spiro atoms. The van der Waals surface area contributed by atoms with Crippen molar-refractivity contribution in [2.24, 2.45) is 0 Å². The lowest BCUT2D eigenvalue weighted by Gasteiger charge is -2.21. The van der Waals surface area contributed by atoms with Gasteiger partial charge in [-0.15, -0.1) is 0 Å². The van der Waals surface area contributed by atoms with Gasteiger partial charge in [-0.05, 0) is 74.5 Å². The number of anilines is 3. The zero-order valence-corrected chi connectivity index (χ0v) is 17.8. The van der Waals surface area contributed by atoms with Crippen LogP contribution in [0.1, 0.15) is 24.2 Å². The van der Waals surface area contributed by atoms with Crippen LogP contribution in [0.3, 0.4) is 0 Å². The molecule has 6 nitrogen and oxygen atoms in total. The van der Waals surface area contributed by atoms with Gasteiger partial charge in [0.2, 0.25) is 0 Å². The molecule has 0 aliphatic heterocycles. The molecule has 0 radical (unpaired) electrons. The molecule has 3 aromatic carbocycles. The first kappa shape index (κ1) is 21.4.